The van der Waals surface area contributed by atoms with Crippen LogP contribution in [-0.4, -0.2) is 46.9 Å². The van der Waals surface area contributed by atoms with Crippen molar-refractivity contribution in [2.75, 3.05) is 19.7 Å². The summed E-state index contributed by atoms with van der Waals surface area (Å²) in [4.78, 5) is 2.37. The monoisotopic (exact) mass is 229 g/mol. The summed E-state index contributed by atoms with van der Waals surface area (Å²) in [5, 5.41) is 9.14. The molecule has 1 rings (SSSR count). The third kappa shape index (κ3) is 3.19. The summed E-state index contributed by atoms with van der Waals surface area (Å²) in [5.41, 5.74) is -0.163. The molecule has 1 unspecified atom stereocenters. The number of aliphatic hydroxyl groups excluding tert-OH is 1. The van der Waals surface area contributed by atoms with E-state index in [4.69, 9.17) is 9.84 Å². The highest BCUT2D eigenvalue weighted by atomic mass is 16.5. The highest BCUT2D eigenvalue weighted by Gasteiger charge is 2.47. The van der Waals surface area contributed by atoms with Crippen LogP contribution in [0.5, 0.6) is 0 Å². The van der Waals surface area contributed by atoms with Crippen molar-refractivity contribution >= 4 is 0 Å². The minimum Gasteiger partial charge on any atom is -0.395 e. The SMILES string of the molecule is CCCN(CCO)C1CC(C)(C)OC1(C)C. The van der Waals surface area contributed by atoms with E-state index in [1.807, 2.05) is 0 Å². The Bertz CT molecular complexity index is 220. The number of rotatable bonds is 5. The first-order chi connectivity index (χ1) is 7.32. The zero-order valence-corrected chi connectivity index (χ0v) is 11.4. The molecule has 0 radical (unpaired) electrons. The van der Waals surface area contributed by atoms with E-state index in [0.29, 0.717) is 6.04 Å². The van der Waals surface area contributed by atoms with Crippen molar-refractivity contribution in [1.82, 2.24) is 4.90 Å². The molecule has 0 aliphatic carbocycles. The van der Waals surface area contributed by atoms with Gasteiger partial charge in [-0.3, -0.25) is 4.90 Å². The van der Waals surface area contributed by atoms with Gasteiger partial charge in [0.25, 0.3) is 0 Å². The number of nitrogens with zero attached hydrogens (tertiary/aromatic N) is 1. The van der Waals surface area contributed by atoms with Crippen LogP contribution >= 0.6 is 0 Å². The molecule has 1 aliphatic heterocycles. The maximum atomic E-state index is 9.14. The fourth-order valence-electron chi connectivity index (χ4n) is 2.94. The lowest BCUT2D eigenvalue weighted by Crippen LogP contribution is -2.47. The van der Waals surface area contributed by atoms with Crippen LogP contribution in [-0.2, 0) is 4.74 Å². The maximum Gasteiger partial charge on any atom is 0.0789 e. The van der Waals surface area contributed by atoms with Gasteiger partial charge in [0.1, 0.15) is 0 Å². The van der Waals surface area contributed by atoms with Crippen LogP contribution in [0.15, 0.2) is 0 Å². The normalized spacial score (nSPS) is 27.6. The largest absolute Gasteiger partial charge is 0.395 e. The summed E-state index contributed by atoms with van der Waals surface area (Å²) in [6.07, 6.45) is 2.16. The van der Waals surface area contributed by atoms with E-state index in [9.17, 15) is 0 Å². The van der Waals surface area contributed by atoms with Crippen molar-refractivity contribution < 1.29 is 9.84 Å². The average Bonchev–Trinajstić information content (AvgIpc) is 2.34. The second-order valence-electron chi connectivity index (χ2n) is 5.94. The Balaban J connectivity index is 2.75. The molecule has 0 aromatic rings. The molecule has 0 aromatic carbocycles. The zero-order valence-electron chi connectivity index (χ0n) is 11.4. The molecule has 0 spiro atoms. The van der Waals surface area contributed by atoms with E-state index in [0.717, 1.165) is 25.9 Å². The number of ether oxygens (including phenoxy) is 1. The van der Waals surface area contributed by atoms with Crippen LogP contribution in [0.2, 0.25) is 0 Å². The first-order valence-electron chi connectivity index (χ1n) is 6.37. The molecule has 3 nitrogen and oxygen atoms in total. The first-order valence-corrected chi connectivity index (χ1v) is 6.37. The highest BCUT2D eigenvalue weighted by Crippen LogP contribution is 2.40. The van der Waals surface area contributed by atoms with E-state index in [1.165, 1.54) is 0 Å². The molecular formula is C13H27NO2. The average molecular weight is 229 g/mol. The lowest BCUT2D eigenvalue weighted by Gasteiger charge is -2.35. The van der Waals surface area contributed by atoms with Gasteiger partial charge in [0.05, 0.1) is 17.8 Å². The van der Waals surface area contributed by atoms with Gasteiger partial charge in [0, 0.05) is 12.6 Å². The second-order valence-corrected chi connectivity index (χ2v) is 5.94. The molecule has 1 saturated heterocycles. The van der Waals surface area contributed by atoms with Gasteiger partial charge in [-0.1, -0.05) is 6.92 Å². The third-order valence-electron chi connectivity index (χ3n) is 3.37. The van der Waals surface area contributed by atoms with Gasteiger partial charge in [-0.2, -0.15) is 0 Å². The fourth-order valence-corrected chi connectivity index (χ4v) is 2.94. The van der Waals surface area contributed by atoms with Crippen molar-refractivity contribution in [2.24, 2.45) is 0 Å². The van der Waals surface area contributed by atoms with Crippen molar-refractivity contribution in [3.8, 4) is 0 Å². The molecule has 1 N–H and O–H groups in total. The Labute approximate surface area is 99.8 Å². The topological polar surface area (TPSA) is 32.7 Å². The van der Waals surface area contributed by atoms with E-state index < -0.39 is 0 Å². The van der Waals surface area contributed by atoms with Gasteiger partial charge in [0.2, 0.25) is 0 Å². The predicted octanol–water partition coefficient (Wildman–Crippen LogP) is 2.04. The van der Waals surface area contributed by atoms with Gasteiger partial charge in [0.15, 0.2) is 0 Å². The summed E-state index contributed by atoms with van der Waals surface area (Å²) in [7, 11) is 0. The zero-order chi connectivity index (χ0) is 12.4. The van der Waals surface area contributed by atoms with Crippen molar-refractivity contribution in [2.45, 2.75) is 64.7 Å². The lowest BCUT2D eigenvalue weighted by atomic mass is 9.93. The van der Waals surface area contributed by atoms with Gasteiger partial charge >= 0.3 is 0 Å². The van der Waals surface area contributed by atoms with E-state index in [-0.39, 0.29) is 17.8 Å². The lowest BCUT2D eigenvalue weighted by molar-refractivity contribution is -0.0812. The molecule has 0 saturated carbocycles. The van der Waals surface area contributed by atoms with Gasteiger partial charge in [-0.15, -0.1) is 0 Å². The molecule has 0 amide bonds. The van der Waals surface area contributed by atoms with Crippen LogP contribution in [0.25, 0.3) is 0 Å². The molecular weight excluding hydrogens is 202 g/mol. The Morgan fingerprint density at radius 1 is 1.25 bits per heavy atom. The smallest absolute Gasteiger partial charge is 0.0789 e. The minimum absolute atomic E-state index is 0.0460. The molecule has 3 heteroatoms. The van der Waals surface area contributed by atoms with Crippen LogP contribution in [0.4, 0.5) is 0 Å². The first kappa shape index (κ1) is 13.9. The van der Waals surface area contributed by atoms with E-state index in [1.54, 1.807) is 0 Å². The Morgan fingerprint density at radius 2 is 1.88 bits per heavy atom. The van der Waals surface area contributed by atoms with Crippen LogP contribution in [0.1, 0.15) is 47.5 Å². The Kier molecular flexibility index (Phi) is 4.38. The number of hydrogen-bond acceptors (Lipinski definition) is 3. The molecule has 0 bridgehead atoms. The van der Waals surface area contributed by atoms with Crippen LogP contribution in [0.3, 0.4) is 0 Å². The van der Waals surface area contributed by atoms with Gasteiger partial charge < -0.3 is 9.84 Å². The van der Waals surface area contributed by atoms with Gasteiger partial charge in [-0.25, -0.2) is 0 Å². The fraction of sp³-hybridized carbons (Fsp3) is 1.00. The Morgan fingerprint density at radius 3 is 2.25 bits per heavy atom. The Hall–Kier alpha value is -0.120. The predicted molar refractivity (Wildman–Crippen MR) is 66.6 cm³/mol. The van der Waals surface area contributed by atoms with Crippen molar-refractivity contribution in [3.05, 3.63) is 0 Å². The quantitative estimate of drug-likeness (QED) is 0.783. The molecule has 0 aromatic heterocycles. The molecule has 1 fully saturated rings. The van der Waals surface area contributed by atoms with Crippen LogP contribution < -0.4 is 0 Å². The summed E-state index contributed by atoms with van der Waals surface area (Å²) in [5.74, 6) is 0. The molecule has 16 heavy (non-hydrogen) atoms. The summed E-state index contributed by atoms with van der Waals surface area (Å²) in [6, 6.07) is 0.412. The molecule has 1 heterocycles. The summed E-state index contributed by atoms with van der Waals surface area (Å²) >= 11 is 0. The van der Waals surface area contributed by atoms with Crippen LogP contribution in [0, 0.1) is 0 Å². The molecule has 1 atom stereocenters. The molecule has 96 valence electrons. The summed E-state index contributed by atoms with van der Waals surface area (Å²) in [6.45, 7) is 12.8. The number of aliphatic hydroxyl groups is 1. The highest BCUT2D eigenvalue weighted by molar-refractivity contribution is 4.99. The van der Waals surface area contributed by atoms with E-state index in [2.05, 4.69) is 39.5 Å². The number of hydrogen-bond donors (Lipinski definition) is 1. The second kappa shape index (κ2) is 5.03. The third-order valence-corrected chi connectivity index (χ3v) is 3.37. The maximum absolute atomic E-state index is 9.14. The van der Waals surface area contributed by atoms with Crippen molar-refractivity contribution in [1.29, 1.82) is 0 Å². The van der Waals surface area contributed by atoms with Gasteiger partial charge in [-0.05, 0) is 47.1 Å². The van der Waals surface area contributed by atoms with Crippen molar-refractivity contribution in [3.63, 3.8) is 0 Å². The van der Waals surface area contributed by atoms with E-state index >= 15 is 0 Å². The molecule has 1 aliphatic rings. The standard InChI is InChI=1S/C13H27NO2/c1-6-7-14(8-9-15)11-10-12(2,3)16-13(11,4)5/h11,15H,6-10H2,1-5H3. The summed E-state index contributed by atoms with van der Waals surface area (Å²) < 4.78 is 6.10. The minimum atomic E-state index is -0.117.